The van der Waals surface area contributed by atoms with E-state index in [9.17, 15) is 4.39 Å². The van der Waals surface area contributed by atoms with Gasteiger partial charge in [0.25, 0.3) is 0 Å². The van der Waals surface area contributed by atoms with Crippen molar-refractivity contribution in [2.24, 2.45) is 5.84 Å². The van der Waals surface area contributed by atoms with Gasteiger partial charge in [0.05, 0.1) is 11.7 Å². The number of ether oxygens (including phenoxy) is 1. The summed E-state index contributed by atoms with van der Waals surface area (Å²) in [5.41, 5.74) is 3.07. The van der Waals surface area contributed by atoms with Crippen LogP contribution in [0.4, 0.5) is 4.39 Å². The lowest BCUT2D eigenvalue weighted by molar-refractivity contribution is 0.0611. The van der Waals surface area contributed by atoms with E-state index < -0.39 is 0 Å². The van der Waals surface area contributed by atoms with Crippen molar-refractivity contribution in [1.82, 2.24) is 15.6 Å². The third-order valence-electron chi connectivity index (χ3n) is 3.91. The van der Waals surface area contributed by atoms with E-state index >= 15 is 0 Å². The standard InChI is InChI=1S/C16H25FN4O/c1-4-13-15(21(2)18)14(9-10-19-13)20-16(22-3)11-5-7-12(17)8-6-11/h5-8,14,16,19-20H,4,9-10,18H2,1-3H3. The van der Waals surface area contributed by atoms with Crippen LogP contribution in [0, 0.1) is 5.82 Å². The van der Waals surface area contributed by atoms with Gasteiger partial charge < -0.3 is 15.1 Å². The Morgan fingerprint density at radius 2 is 2.14 bits per heavy atom. The zero-order valence-corrected chi connectivity index (χ0v) is 13.4. The summed E-state index contributed by atoms with van der Waals surface area (Å²) in [6.07, 6.45) is 1.49. The normalized spacial score (nSPS) is 19.8. The van der Waals surface area contributed by atoms with Crippen LogP contribution in [0.5, 0.6) is 0 Å². The summed E-state index contributed by atoms with van der Waals surface area (Å²) in [5.74, 6) is 5.75. The van der Waals surface area contributed by atoms with Gasteiger partial charge in [-0.2, -0.15) is 0 Å². The molecule has 0 saturated carbocycles. The number of methoxy groups -OCH3 is 1. The molecule has 0 spiro atoms. The van der Waals surface area contributed by atoms with Gasteiger partial charge in [-0.15, -0.1) is 0 Å². The molecular weight excluding hydrogens is 283 g/mol. The van der Waals surface area contributed by atoms with Crippen molar-refractivity contribution < 1.29 is 9.13 Å². The second kappa shape index (κ2) is 7.58. The molecule has 5 nitrogen and oxygen atoms in total. The van der Waals surface area contributed by atoms with Crippen LogP contribution in [0.1, 0.15) is 31.6 Å². The maximum atomic E-state index is 13.1. The van der Waals surface area contributed by atoms with Gasteiger partial charge in [-0.1, -0.05) is 19.1 Å². The molecule has 2 atom stereocenters. The molecule has 2 unspecified atom stereocenters. The third-order valence-corrected chi connectivity index (χ3v) is 3.91. The molecule has 4 N–H and O–H groups in total. The molecule has 1 aliphatic heterocycles. The maximum absolute atomic E-state index is 13.1. The lowest BCUT2D eigenvalue weighted by Gasteiger charge is -2.36. The Balaban J connectivity index is 2.20. The van der Waals surface area contributed by atoms with Gasteiger partial charge in [-0.05, 0) is 30.5 Å². The van der Waals surface area contributed by atoms with Gasteiger partial charge in [0.15, 0.2) is 0 Å². The monoisotopic (exact) mass is 308 g/mol. The number of hydrazine groups is 1. The number of nitrogens with zero attached hydrogens (tertiary/aromatic N) is 1. The first-order valence-corrected chi connectivity index (χ1v) is 7.56. The number of likely N-dealkylation sites (N-methyl/N-ethyl adjacent to an activating group) is 1. The topological polar surface area (TPSA) is 62.5 Å². The first-order valence-electron chi connectivity index (χ1n) is 7.56. The second-order valence-corrected chi connectivity index (χ2v) is 5.43. The number of nitrogens with one attached hydrogen (secondary N) is 2. The molecule has 0 aromatic heterocycles. The fourth-order valence-corrected chi connectivity index (χ4v) is 2.85. The highest BCUT2D eigenvalue weighted by Crippen LogP contribution is 2.23. The van der Waals surface area contributed by atoms with Crippen LogP contribution in [0.3, 0.4) is 0 Å². The Labute approximate surface area is 131 Å². The molecule has 22 heavy (non-hydrogen) atoms. The molecule has 1 aliphatic rings. The molecule has 1 aromatic carbocycles. The van der Waals surface area contributed by atoms with Crippen molar-refractivity contribution in [2.45, 2.75) is 32.0 Å². The predicted octanol–water partition coefficient (Wildman–Crippen LogP) is 1.85. The molecule has 0 amide bonds. The Kier molecular flexibility index (Phi) is 5.76. The average molecular weight is 308 g/mol. The smallest absolute Gasteiger partial charge is 0.134 e. The number of rotatable bonds is 6. The minimum atomic E-state index is -0.309. The fraction of sp³-hybridized carbons (Fsp3) is 0.500. The first kappa shape index (κ1) is 16.7. The quantitative estimate of drug-likeness (QED) is 0.425. The molecule has 2 rings (SSSR count). The molecule has 0 saturated heterocycles. The van der Waals surface area contributed by atoms with Crippen molar-refractivity contribution in [3.05, 3.63) is 47.0 Å². The lowest BCUT2D eigenvalue weighted by atomic mass is 10.0. The van der Waals surface area contributed by atoms with Crippen molar-refractivity contribution in [3.63, 3.8) is 0 Å². The molecule has 0 aliphatic carbocycles. The molecule has 6 heteroatoms. The zero-order valence-electron chi connectivity index (χ0n) is 13.4. The van der Waals surface area contributed by atoms with E-state index in [1.807, 2.05) is 7.05 Å². The van der Waals surface area contributed by atoms with Crippen molar-refractivity contribution in [2.75, 3.05) is 20.7 Å². The highest BCUT2D eigenvalue weighted by atomic mass is 19.1. The van der Waals surface area contributed by atoms with Crippen LogP contribution >= 0.6 is 0 Å². The van der Waals surface area contributed by atoms with Gasteiger partial charge in [-0.3, -0.25) is 5.32 Å². The maximum Gasteiger partial charge on any atom is 0.134 e. The number of nitrogens with two attached hydrogens (primary N) is 1. The van der Waals surface area contributed by atoms with Gasteiger partial charge in [-0.25, -0.2) is 10.2 Å². The third kappa shape index (κ3) is 3.76. The zero-order chi connectivity index (χ0) is 16.1. The van der Waals surface area contributed by atoms with Gasteiger partial charge >= 0.3 is 0 Å². The van der Waals surface area contributed by atoms with E-state index in [1.54, 1.807) is 24.3 Å². The minimum absolute atomic E-state index is 0.0844. The van der Waals surface area contributed by atoms with Gasteiger partial charge in [0.2, 0.25) is 0 Å². The van der Waals surface area contributed by atoms with Crippen molar-refractivity contribution >= 4 is 0 Å². The van der Waals surface area contributed by atoms with Gasteiger partial charge in [0, 0.05) is 26.4 Å². The van der Waals surface area contributed by atoms with Crippen LogP contribution in [-0.4, -0.2) is 31.8 Å². The average Bonchev–Trinajstić information content (AvgIpc) is 2.52. The highest BCUT2D eigenvalue weighted by molar-refractivity contribution is 5.23. The summed E-state index contributed by atoms with van der Waals surface area (Å²) < 4.78 is 18.6. The summed E-state index contributed by atoms with van der Waals surface area (Å²) in [4.78, 5) is 0. The van der Waals surface area contributed by atoms with Crippen LogP contribution < -0.4 is 16.5 Å². The van der Waals surface area contributed by atoms with Crippen molar-refractivity contribution in [1.29, 1.82) is 0 Å². The predicted molar refractivity (Wildman–Crippen MR) is 85.0 cm³/mol. The van der Waals surface area contributed by atoms with Crippen LogP contribution in [-0.2, 0) is 4.74 Å². The number of hydrogen-bond donors (Lipinski definition) is 3. The Hall–Kier alpha value is -1.63. The first-order chi connectivity index (χ1) is 10.6. The number of benzene rings is 1. The Bertz CT molecular complexity index is 515. The van der Waals surface area contributed by atoms with Crippen LogP contribution in [0.25, 0.3) is 0 Å². The molecule has 0 fully saturated rings. The summed E-state index contributed by atoms with van der Waals surface area (Å²) in [7, 11) is 3.48. The summed E-state index contributed by atoms with van der Waals surface area (Å²) in [6.45, 7) is 2.99. The summed E-state index contributed by atoms with van der Waals surface area (Å²) >= 11 is 0. The fourth-order valence-electron chi connectivity index (χ4n) is 2.85. The molecule has 122 valence electrons. The van der Waals surface area contributed by atoms with E-state index in [4.69, 9.17) is 10.6 Å². The SMILES string of the molecule is CCC1=C(N(C)N)C(NC(OC)c2ccc(F)cc2)CCN1. The Morgan fingerprint density at radius 3 is 2.68 bits per heavy atom. The molecular formula is C16H25FN4O. The van der Waals surface area contributed by atoms with E-state index in [0.29, 0.717) is 0 Å². The van der Waals surface area contributed by atoms with E-state index in [-0.39, 0.29) is 18.1 Å². The lowest BCUT2D eigenvalue weighted by Crippen LogP contribution is -2.48. The molecule has 0 radical (unpaired) electrons. The Morgan fingerprint density at radius 1 is 1.45 bits per heavy atom. The number of hydrogen-bond acceptors (Lipinski definition) is 5. The van der Waals surface area contributed by atoms with Crippen LogP contribution in [0.2, 0.25) is 0 Å². The molecule has 1 heterocycles. The number of halogens is 1. The molecule has 0 bridgehead atoms. The van der Waals surface area contributed by atoms with Crippen molar-refractivity contribution in [3.8, 4) is 0 Å². The largest absolute Gasteiger partial charge is 0.387 e. The second-order valence-electron chi connectivity index (χ2n) is 5.43. The summed E-state index contributed by atoms with van der Waals surface area (Å²) in [5, 5.41) is 8.52. The minimum Gasteiger partial charge on any atom is -0.387 e. The summed E-state index contributed by atoms with van der Waals surface area (Å²) in [6, 6.07) is 6.42. The highest BCUT2D eigenvalue weighted by Gasteiger charge is 2.27. The molecule has 1 aromatic rings. The number of allylic oxidation sites excluding steroid dienone is 1. The van der Waals surface area contributed by atoms with Crippen LogP contribution in [0.15, 0.2) is 35.7 Å². The van der Waals surface area contributed by atoms with E-state index in [0.717, 1.165) is 36.3 Å². The van der Waals surface area contributed by atoms with Gasteiger partial charge in [0.1, 0.15) is 12.0 Å². The van der Waals surface area contributed by atoms with E-state index in [2.05, 4.69) is 17.6 Å². The van der Waals surface area contributed by atoms with E-state index in [1.165, 1.54) is 12.1 Å².